The predicted octanol–water partition coefficient (Wildman–Crippen LogP) is 3.06. The topological polar surface area (TPSA) is 0 Å². The van der Waals surface area contributed by atoms with Gasteiger partial charge in [-0.05, 0) is 18.4 Å². The highest BCUT2D eigenvalue weighted by Crippen LogP contribution is 2.27. The minimum atomic E-state index is 1.32. The van der Waals surface area contributed by atoms with E-state index in [0.29, 0.717) is 0 Å². The molecule has 0 fully saturated rings. The van der Waals surface area contributed by atoms with Crippen molar-refractivity contribution in [1.29, 1.82) is 0 Å². The fourth-order valence-electron chi connectivity index (χ4n) is 0.572. The summed E-state index contributed by atoms with van der Waals surface area (Å²) in [7, 11) is 3.56. The van der Waals surface area contributed by atoms with Crippen LogP contribution in [0.25, 0.3) is 0 Å². The molecule has 0 heterocycles. The van der Waals surface area contributed by atoms with Crippen molar-refractivity contribution in [3.05, 3.63) is 30.3 Å². The third kappa shape index (κ3) is 2.33. The van der Waals surface area contributed by atoms with Gasteiger partial charge in [0.1, 0.15) is 0 Å². The SMILES string of the molecule is CSSc1ccccc1. The summed E-state index contributed by atoms with van der Waals surface area (Å²) in [6, 6.07) is 10.4. The molecular formula is C7H8S2. The summed E-state index contributed by atoms with van der Waals surface area (Å²) < 4.78 is 0. The molecule has 1 rings (SSSR count). The van der Waals surface area contributed by atoms with Crippen LogP contribution in [-0.4, -0.2) is 6.26 Å². The lowest BCUT2D eigenvalue weighted by molar-refractivity contribution is 1.48. The summed E-state index contributed by atoms with van der Waals surface area (Å²) in [5.74, 6) is 0. The van der Waals surface area contributed by atoms with Crippen LogP contribution in [0.15, 0.2) is 35.2 Å². The second kappa shape index (κ2) is 3.85. The zero-order chi connectivity index (χ0) is 6.53. The molecule has 9 heavy (non-hydrogen) atoms. The van der Waals surface area contributed by atoms with Crippen LogP contribution in [0.3, 0.4) is 0 Å². The quantitative estimate of drug-likeness (QED) is 0.604. The molecule has 0 nitrogen and oxygen atoms in total. The molecule has 0 aromatic heterocycles. The van der Waals surface area contributed by atoms with Crippen LogP contribution in [-0.2, 0) is 0 Å². The van der Waals surface area contributed by atoms with Gasteiger partial charge in [0.25, 0.3) is 0 Å². The van der Waals surface area contributed by atoms with Gasteiger partial charge in [-0.25, -0.2) is 0 Å². The first kappa shape index (κ1) is 7.03. The van der Waals surface area contributed by atoms with Gasteiger partial charge >= 0.3 is 0 Å². The van der Waals surface area contributed by atoms with Gasteiger partial charge in [0.15, 0.2) is 0 Å². The van der Waals surface area contributed by atoms with E-state index in [1.165, 1.54) is 4.90 Å². The van der Waals surface area contributed by atoms with Gasteiger partial charge in [0.05, 0.1) is 0 Å². The normalized spacial score (nSPS) is 9.44. The fourth-order valence-corrected chi connectivity index (χ4v) is 1.94. The van der Waals surface area contributed by atoms with Crippen molar-refractivity contribution in [2.45, 2.75) is 4.90 Å². The average Bonchev–Trinajstić information content (AvgIpc) is 1.91. The van der Waals surface area contributed by atoms with Gasteiger partial charge < -0.3 is 0 Å². The maximum atomic E-state index is 2.11. The van der Waals surface area contributed by atoms with Crippen molar-refractivity contribution < 1.29 is 0 Å². The van der Waals surface area contributed by atoms with E-state index in [-0.39, 0.29) is 0 Å². The molecule has 0 amide bonds. The molecule has 0 saturated carbocycles. The Morgan fingerprint density at radius 1 is 1.11 bits per heavy atom. The van der Waals surface area contributed by atoms with Crippen molar-refractivity contribution in [3.63, 3.8) is 0 Å². The van der Waals surface area contributed by atoms with Crippen LogP contribution < -0.4 is 0 Å². The lowest BCUT2D eigenvalue weighted by Crippen LogP contribution is -1.61. The maximum Gasteiger partial charge on any atom is 0.0182 e. The zero-order valence-corrected chi connectivity index (χ0v) is 6.84. The fraction of sp³-hybridized carbons (Fsp3) is 0.143. The molecule has 48 valence electrons. The number of hydrogen-bond acceptors (Lipinski definition) is 2. The largest absolute Gasteiger partial charge is 0.0924 e. The molecule has 0 unspecified atom stereocenters. The van der Waals surface area contributed by atoms with Gasteiger partial charge in [0.2, 0.25) is 0 Å². The first-order chi connectivity index (χ1) is 4.43. The molecular weight excluding hydrogens is 148 g/mol. The van der Waals surface area contributed by atoms with E-state index in [2.05, 4.69) is 30.5 Å². The lowest BCUT2D eigenvalue weighted by atomic mass is 10.4. The summed E-state index contributed by atoms with van der Waals surface area (Å²) >= 11 is 0. The Morgan fingerprint density at radius 3 is 2.33 bits per heavy atom. The number of hydrogen-bond donors (Lipinski definition) is 0. The molecule has 0 atom stereocenters. The summed E-state index contributed by atoms with van der Waals surface area (Å²) in [6.45, 7) is 0. The second-order valence-corrected chi connectivity index (χ2v) is 4.03. The Morgan fingerprint density at radius 2 is 1.78 bits per heavy atom. The average molecular weight is 156 g/mol. The van der Waals surface area contributed by atoms with Crippen LogP contribution >= 0.6 is 21.6 Å². The van der Waals surface area contributed by atoms with Crippen LogP contribution in [0.2, 0.25) is 0 Å². The summed E-state index contributed by atoms with van der Waals surface area (Å²) in [4.78, 5) is 1.32. The first-order valence-corrected chi connectivity index (χ1v) is 5.25. The second-order valence-electron chi connectivity index (χ2n) is 1.56. The molecule has 2 heteroatoms. The van der Waals surface area contributed by atoms with Crippen LogP contribution in [0.1, 0.15) is 0 Å². The van der Waals surface area contributed by atoms with Gasteiger partial charge in [-0.15, -0.1) is 0 Å². The van der Waals surface area contributed by atoms with E-state index in [9.17, 15) is 0 Å². The molecule has 0 bridgehead atoms. The molecule has 0 aliphatic carbocycles. The molecule has 0 saturated heterocycles. The molecule has 1 aromatic carbocycles. The van der Waals surface area contributed by atoms with Crippen LogP contribution in [0, 0.1) is 0 Å². The Balaban J connectivity index is 2.61. The van der Waals surface area contributed by atoms with Crippen LogP contribution in [0.4, 0.5) is 0 Å². The van der Waals surface area contributed by atoms with E-state index in [0.717, 1.165) is 0 Å². The van der Waals surface area contributed by atoms with Gasteiger partial charge in [-0.2, -0.15) is 0 Å². The summed E-state index contributed by atoms with van der Waals surface area (Å²) in [6.07, 6.45) is 2.08. The Kier molecular flexibility index (Phi) is 3.01. The first-order valence-electron chi connectivity index (χ1n) is 2.69. The third-order valence-electron chi connectivity index (χ3n) is 0.923. The number of benzene rings is 1. The van der Waals surface area contributed by atoms with Gasteiger partial charge in [0, 0.05) is 4.90 Å². The molecule has 0 aliphatic heterocycles. The Bertz CT molecular complexity index is 160. The lowest BCUT2D eigenvalue weighted by Gasteiger charge is -1.92. The molecule has 0 radical (unpaired) electrons. The van der Waals surface area contributed by atoms with E-state index in [1.807, 2.05) is 6.07 Å². The Hall–Kier alpha value is -0.0800. The molecule has 1 aromatic rings. The smallest absolute Gasteiger partial charge is 0.0182 e. The Labute approximate surface area is 63.4 Å². The van der Waals surface area contributed by atoms with Crippen molar-refractivity contribution in [1.82, 2.24) is 0 Å². The van der Waals surface area contributed by atoms with Crippen LogP contribution in [0.5, 0.6) is 0 Å². The third-order valence-corrected chi connectivity index (χ3v) is 2.63. The highest BCUT2D eigenvalue weighted by Gasteiger charge is 1.85. The van der Waals surface area contributed by atoms with E-state index < -0.39 is 0 Å². The zero-order valence-electron chi connectivity index (χ0n) is 5.20. The standard InChI is InChI=1S/C7H8S2/c1-8-9-7-5-3-2-4-6-7/h2-6H,1H3. The van der Waals surface area contributed by atoms with E-state index in [4.69, 9.17) is 0 Å². The van der Waals surface area contributed by atoms with Crippen molar-refractivity contribution in [2.75, 3.05) is 6.26 Å². The summed E-state index contributed by atoms with van der Waals surface area (Å²) in [5.41, 5.74) is 0. The van der Waals surface area contributed by atoms with E-state index >= 15 is 0 Å². The highest BCUT2D eigenvalue weighted by molar-refractivity contribution is 8.76. The maximum absolute atomic E-state index is 2.11. The minimum absolute atomic E-state index is 1.32. The summed E-state index contributed by atoms with van der Waals surface area (Å²) in [5, 5.41) is 0. The number of rotatable bonds is 2. The molecule has 0 aliphatic rings. The van der Waals surface area contributed by atoms with Gasteiger partial charge in [-0.1, -0.05) is 39.8 Å². The predicted molar refractivity (Wildman–Crippen MR) is 45.8 cm³/mol. The van der Waals surface area contributed by atoms with Gasteiger partial charge in [-0.3, -0.25) is 0 Å². The van der Waals surface area contributed by atoms with E-state index in [1.54, 1.807) is 21.6 Å². The molecule has 0 N–H and O–H groups in total. The highest BCUT2D eigenvalue weighted by atomic mass is 33.1. The monoisotopic (exact) mass is 156 g/mol. The van der Waals surface area contributed by atoms with Crippen molar-refractivity contribution in [3.8, 4) is 0 Å². The molecule has 0 spiro atoms. The minimum Gasteiger partial charge on any atom is -0.0924 e. The van der Waals surface area contributed by atoms with Crippen molar-refractivity contribution >= 4 is 21.6 Å². The van der Waals surface area contributed by atoms with Crippen molar-refractivity contribution in [2.24, 2.45) is 0 Å².